The molecule has 2 aromatic heterocycles. The highest BCUT2D eigenvalue weighted by Crippen LogP contribution is 2.28. The van der Waals surface area contributed by atoms with E-state index >= 15 is 0 Å². The quantitative estimate of drug-likeness (QED) is 0.933. The van der Waals surface area contributed by atoms with E-state index in [1.54, 1.807) is 0 Å². The first-order chi connectivity index (χ1) is 8.97. The maximum absolute atomic E-state index is 12.8. The number of aromatic nitrogens is 2. The lowest BCUT2D eigenvalue weighted by Crippen LogP contribution is -2.02. The molecule has 100 valence electrons. The van der Waals surface area contributed by atoms with Crippen molar-refractivity contribution in [1.29, 1.82) is 0 Å². The topological polar surface area (TPSA) is 63.1 Å². The molecule has 2 heterocycles. The van der Waals surface area contributed by atoms with E-state index in [0.717, 1.165) is 17.5 Å². The molecule has 4 nitrogen and oxygen atoms in total. The van der Waals surface area contributed by atoms with E-state index in [-0.39, 0.29) is 4.88 Å². The smallest absolute Gasteiger partial charge is 0.347 e. The fraction of sp³-hybridized carbons (Fsp3) is 0.308. The number of carboxylic acid groups (broad SMARTS) is 1. The van der Waals surface area contributed by atoms with Crippen LogP contribution in [0.3, 0.4) is 0 Å². The molecule has 0 spiro atoms. The summed E-state index contributed by atoms with van der Waals surface area (Å²) in [7, 11) is 0. The summed E-state index contributed by atoms with van der Waals surface area (Å²) in [5, 5.41) is 9.68. The SMILES string of the molecule is CC(C)Cc1nc(-c2ccc(F)cn2)sc1C(=O)O. The van der Waals surface area contributed by atoms with Crippen molar-refractivity contribution in [3.8, 4) is 10.7 Å². The van der Waals surface area contributed by atoms with Crippen molar-refractivity contribution in [3.05, 3.63) is 34.7 Å². The van der Waals surface area contributed by atoms with Crippen LogP contribution in [0, 0.1) is 11.7 Å². The summed E-state index contributed by atoms with van der Waals surface area (Å²) >= 11 is 1.07. The highest BCUT2D eigenvalue weighted by molar-refractivity contribution is 7.17. The lowest BCUT2D eigenvalue weighted by molar-refractivity contribution is 0.0700. The number of carboxylic acids is 1. The van der Waals surface area contributed by atoms with E-state index in [9.17, 15) is 14.3 Å². The number of halogens is 1. The Morgan fingerprint density at radius 1 is 1.47 bits per heavy atom. The van der Waals surface area contributed by atoms with Crippen LogP contribution >= 0.6 is 11.3 Å². The standard InChI is InChI=1S/C13H13FN2O2S/c1-7(2)5-10-11(13(17)18)19-12(16-10)9-4-3-8(14)6-15-9/h3-4,6-7H,5H2,1-2H3,(H,17,18). The van der Waals surface area contributed by atoms with Gasteiger partial charge in [0.1, 0.15) is 15.7 Å². The van der Waals surface area contributed by atoms with Gasteiger partial charge in [0, 0.05) is 0 Å². The van der Waals surface area contributed by atoms with Crippen molar-refractivity contribution in [3.63, 3.8) is 0 Å². The Kier molecular flexibility index (Phi) is 3.90. The van der Waals surface area contributed by atoms with Crippen LogP contribution in [0.2, 0.25) is 0 Å². The van der Waals surface area contributed by atoms with Crippen LogP contribution < -0.4 is 0 Å². The number of nitrogens with zero attached hydrogens (tertiary/aromatic N) is 2. The fourth-order valence-corrected chi connectivity index (χ4v) is 2.56. The molecule has 0 bridgehead atoms. The Labute approximate surface area is 114 Å². The van der Waals surface area contributed by atoms with Crippen molar-refractivity contribution in [1.82, 2.24) is 9.97 Å². The maximum atomic E-state index is 12.8. The Hall–Kier alpha value is -1.82. The second-order valence-electron chi connectivity index (χ2n) is 4.56. The van der Waals surface area contributed by atoms with Crippen LogP contribution in [0.5, 0.6) is 0 Å². The zero-order valence-electron chi connectivity index (χ0n) is 10.6. The molecule has 0 atom stereocenters. The third-order valence-corrected chi connectivity index (χ3v) is 3.55. The molecule has 0 aliphatic carbocycles. The molecule has 0 unspecified atom stereocenters. The zero-order chi connectivity index (χ0) is 14.0. The molecule has 0 amide bonds. The van der Waals surface area contributed by atoms with Gasteiger partial charge in [0.05, 0.1) is 17.6 Å². The molecule has 1 N–H and O–H groups in total. The Morgan fingerprint density at radius 2 is 2.21 bits per heavy atom. The number of pyridine rings is 1. The van der Waals surface area contributed by atoms with E-state index in [0.29, 0.717) is 28.7 Å². The summed E-state index contributed by atoms with van der Waals surface area (Å²) in [6, 6.07) is 2.78. The predicted octanol–water partition coefficient (Wildman–Crippen LogP) is 3.24. The van der Waals surface area contributed by atoms with Gasteiger partial charge in [0.15, 0.2) is 0 Å². The molecule has 0 aliphatic heterocycles. The summed E-state index contributed by atoms with van der Waals surface area (Å²) in [5.41, 5.74) is 1.05. The number of thiazole rings is 1. The van der Waals surface area contributed by atoms with Crippen molar-refractivity contribution < 1.29 is 14.3 Å². The van der Waals surface area contributed by atoms with Crippen LogP contribution in [0.25, 0.3) is 10.7 Å². The molecule has 0 radical (unpaired) electrons. The molecule has 19 heavy (non-hydrogen) atoms. The van der Waals surface area contributed by atoms with E-state index in [4.69, 9.17) is 0 Å². The van der Waals surface area contributed by atoms with Crippen LogP contribution in [-0.4, -0.2) is 21.0 Å². The van der Waals surface area contributed by atoms with Gasteiger partial charge in [-0.2, -0.15) is 0 Å². The summed E-state index contributed by atoms with van der Waals surface area (Å²) in [6.07, 6.45) is 1.69. The first-order valence-electron chi connectivity index (χ1n) is 5.82. The number of hydrogen-bond acceptors (Lipinski definition) is 4. The van der Waals surface area contributed by atoms with Crippen LogP contribution in [0.1, 0.15) is 29.2 Å². The van der Waals surface area contributed by atoms with Crippen LogP contribution in [0.4, 0.5) is 4.39 Å². The number of carbonyl (C=O) groups is 1. The third kappa shape index (κ3) is 3.14. The molecule has 0 saturated carbocycles. The zero-order valence-corrected chi connectivity index (χ0v) is 11.4. The lowest BCUT2D eigenvalue weighted by Gasteiger charge is -2.01. The molecule has 0 fully saturated rings. The summed E-state index contributed by atoms with van der Waals surface area (Å²) in [5.74, 6) is -1.10. The molecular weight excluding hydrogens is 267 g/mol. The van der Waals surface area contributed by atoms with Crippen molar-refractivity contribution in [2.24, 2.45) is 5.92 Å². The third-order valence-electron chi connectivity index (χ3n) is 2.44. The number of rotatable bonds is 4. The first kappa shape index (κ1) is 13.6. The van der Waals surface area contributed by atoms with E-state index in [1.807, 2.05) is 13.8 Å². The summed E-state index contributed by atoms with van der Waals surface area (Å²) in [6.45, 7) is 4.00. The number of aromatic carboxylic acids is 1. The van der Waals surface area contributed by atoms with Gasteiger partial charge in [-0.15, -0.1) is 11.3 Å². The largest absolute Gasteiger partial charge is 0.477 e. The highest BCUT2D eigenvalue weighted by Gasteiger charge is 2.19. The maximum Gasteiger partial charge on any atom is 0.347 e. The predicted molar refractivity (Wildman–Crippen MR) is 70.8 cm³/mol. The molecule has 0 aromatic carbocycles. The Bertz CT molecular complexity index is 593. The minimum atomic E-state index is -0.985. The van der Waals surface area contributed by atoms with Gasteiger partial charge in [-0.3, -0.25) is 4.98 Å². The molecule has 0 saturated heterocycles. The second kappa shape index (κ2) is 5.44. The molecule has 0 aliphatic rings. The van der Waals surface area contributed by atoms with Crippen molar-refractivity contribution >= 4 is 17.3 Å². The van der Waals surface area contributed by atoms with Crippen molar-refractivity contribution in [2.45, 2.75) is 20.3 Å². The molecule has 2 rings (SSSR count). The van der Waals surface area contributed by atoms with E-state index < -0.39 is 11.8 Å². The van der Waals surface area contributed by atoms with Gasteiger partial charge >= 0.3 is 5.97 Å². The monoisotopic (exact) mass is 280 g/mol. The van der Waals surface area contributed by atoms with E-state index in [1.165, 1.54) is 12.1 Å². The normalized spacial score (nSPS) is 10.9. The number of hydrogen-bond donors (Lipinski definition) is 1. The summed E-state index contributed by atoms with van der Waals surface area (Å²) < 4.78 is 12.8. The van der Waals surface area contributed by atoms with E-state index in [2.05, 4.69) is 9.97 Å². The molecule has 6 heteroatoms. The highest BCUT2D eigenvalue weighted by atomic mass is 32.1. The lowest BCUT2D eigenvalue weighted by atomic mass is 10.1. The second-order valence-corrected chi connectivity index (χ2v) is 5.56. The molecule has 2 aromatic rings. The van der Waals surface area contributed by atoms with Crippen LogP contribution in [-0.2, 0) is 6.42 Å². The Morgan fingerprint density at radius 3 is 2.74 bits per heavy atom. The average molecular weight is 280 g/mol. The minimum Gasteiger partial charge on any atom is -0.477 e. The average Bonchev–Trinajstić information content (AvgIpc) is 2.73. The van der Waals surface area contributed by atoms with Gasteiger partial charge in [0.25, 0.3) is 0 Å². The van der Waals surface area contributed by atoms with Gasteiger partial charge in [0.2, 0.25) is 0 Å². The van der Waals surface area contributed by atoms with Gasteiger partial charge in [-0.05, 0) is 24.5 Å². The van der Waals surface area contributed by atoms with Gasteiger partial charge in [-0.1, -0.05) is 13.8 Å². The van der Waals surface area contributed by atoms with Gasteiger partial charge in [-0.25, -0.2) is 14.2 Å². The fourth-order valence-electron chi connectivity index (χ4n) is 1.66. The first-order valence-corrected chi connectivity index (χ1v) is 6.64. The summed E-state index contributed by atoms with van der Waals surface area (Å²) in [4.78, 5) is 19.7. The minimum absolute atomic E-state index is 0.231. The molecular formula is C13H13FN2O2S. The Balaban J connectivity index is 2.42. The van der Waals surface area contributed by atoms with Crippen LogP contribution in [0.15, 0.2) is 18.3 Å². The van der Waals surface area contributed by atoms with Gasteiger partial charge < -0.3 is 5.11 Å². The van der Waals surface area contributed by atoms with Crippen molar-refractivity contribution in [2.75, 3.05) is 0 Å².